The summed E-state index contributed by atoms with van der Waals surface area (Å²) in [7, 11) is 0. The summed E-state index contributed by atoms with van der Waals surface area (Å²) in [6, 6.07) is 6.29. The van der Waals surface area contributed by atoms with E-state index in [-0.39, 0.29) is 23.9 Å². The lowest BCUT2D eigenvalue weighted by Gasteiger charge is -2.37. The smallest absolute Gasteiger partial charge is 0.410 e. The molecule has 21 heavy (non-hydrogen) atoms. The van der Waals surface area contributed by atoms with Crippen LogP contribution in [0.4, 0.5) is 9.18 Å². The van der Waals surface area contributed by atoms with Crippen molar-refractivity contribution in [2.45, 2.75) is 44.8 Å². The molecule has 1 saturated heterocycles. The third-order valence-electron chi connectivity index (χ3n) is 3.48. The Labute approximate surface area is 125 Å². The zero-order valence-corrected chi connectivity index (χ0v) is 12.8. The number of likely N-dealkylation sites (tertiary alicyclic amines) is 1. The molecule has 2 N–H and O–H groups in total. The zero-order chi connectivity index (χ0) is 15.6. The molecule has 1 fully saturated rings. The SMILES string of the molecule is CC(C)(C)OC(=O)N1C[C@@H](N)C[C@H](c2ccc(F)cc2)C1. The van der Waals surface area contributed by atoms with E-state index in [1.165, 1.54) is 12.1 Å². The number of nitrogens with two attached hydrogens (primary N) is 1. The van der Waals surface area contributed by atoms with Crippen LogP contribution in [0.25, 0.3) is 0 Å². The number of halogens is 1. The van der Waals surface area contributed by atoms with Crippen molar-refractivity contribution in [2.24, 2.45) is 5.73 Å². The highest BCUT2D eigenvalue weighted by Crippen LogP contribution is 2.27. The molecule has 0 bridgehead atoms. The van der Waals surface area contributed by atoms with Gasteiger partial charge in [0.2, 0.25) is 0 Å². The number of amides is 1. The molecular formula is C16H23FN2O2. The molecule has 0 aromatic heterocycles. The van der Waals surface area contributed by atoms with Crippen molar-refractivity contribution >= 4 is 6.09 Å². The van der Waals surface area contributed by atoms with E-state index in [0.717, 1.165) is 12.0 Å². The van der Waals surface area contributed by atoms with E-state index in [4.69, 9.17) is 10.5 Å². The molecule has 2 rings (SSSR count). The van der Waals surface area contributed by atoms with E-state index in [9.17, 15) is 9.18 Å². The van der Waals surface area contributed by atoms with Crippen molar-refractivity contribution in [3.05, 3.63) is 35.6 Å². The topological polar surface area (TPSA) is 55.6 Å². The number of benzene rings is 1. The quantitative estimate of drug-likeness (QED) is 0.866. The summed E-state index contributed by atoms with van der Waals surface area (Å²) in [6.45, 7) is 6.56. The summed E-state index contributed by atoms with van der Waals surface area (Å²) in [4.78, 5) is 13.8. The molecule has 116 valence electrons. The minimum absolute atomic E-state index is 0.0960. The van der Waals surface area contributed by atoms with Gasteiger partial charge in [0.05, 0.1) is 0 Å². The van der Waals surface area contributed by atoms with Crippen LogP contribution in [-0.2, 0) is 4.74 Å². The van der Waals surface area contributed by atoms with Gasteiger partial charge >= 0.3 is 6.09 Å². The molecule has 1 heterocycles. The summed E-state index contributed by atoms with van der Waals surface area (Å²) in [5.41, 5.74) is 6.54. The van der Waals surface area contributed by atoms with Crippen molar-refractivity contribution in [3.8, 4) is 0 Å². The van der Waals surface area contributed by atoms with Crippen molar-refractivity contribution in [2.75, 3.05) is 13.1 Å². The Kier molecular flexibility index (Phi) is 4.52. The Hall–Kier alpha value is -1.62. The van der Waals surface area contributed by atoms with Crippen molar-refractivity contribution < 1.29 is 13.9 Å². The number of ether oxygens (including phenoxy) is 1. The number of carbonyl (C=O) groups is 1. The summed E-state index contributed by atoms with van der Waals surface area (Å²) < 4.78 is 18.4. The second kappa shape index (κ2) is 6.02. The second-order valence-corrected chi connectivity index (χ2v) is 6.63. The van der Waals surface area contributed by atoms with Crippen molar-refractivity contribution in [1.82, 2.24) is 4.90 Å². The van der Waals surface area contributed by atoms with Gasteiger partial charge in [-0.25, -0.2) is 9.18 Å². The van der Waals surface area contributed by atoms with Gasteiger partial charge in [-0.05, 0) is 44.9 Å². The molecule has 0 aliphatic carbocycles. The number of nitrogens with zero attached hydrogens (tertiary/aromatic N) is 1. The molecule has 1 aliphatic rings. The van der Waals surface area contributed by atoms with Gasteiger partial charge in [0, 0.05) is 25.0 Å². The number of hydrogen-bond donors (Lipinski definition) is 1. The highest BCUT2D eigenvalue weighted by Gasteiger charge is 2.31. The molecule has 0 spiro atoms. The van der Waals surface area contributed by atoms with Crippen molar-refractivity contribution in [3.63, 3.8) is 0 Å². The summed E-state index contributed by atoms with van der Waals surface area (Å²) in [5, 5.41) is 0. The van der Waals surface area contributed by atoms with E-state index in [0.29, 0.717) is 13.1 Å². The molecule has 0 radical (unpaired) electrons. The van der Waals surface area contributed by atoms with Gasteiger partial charge in [-0.15, -0.1) is 0 Å². The zero-order valence-electron chi connectivity index (χ0n) is 12.8. The Morgan fingerprint density at radius 1 is 1.29 bits per heavy atom. The fraction of sp³-hybridized carbons (Fsp3) is 0.562. The van der Waals surface area contributed by atoms with Gasteiger partial charge < -0.3 is 15.4 Å². The van der Waals surface area contributed by atoms with E-state index in [1.807, 2.05) is 20.8 Å². The first-order valence-corrected chi connectivity index (χ1v) is 7.23. The maximum Gasteiger partial charge on any atom is 0.410 e. The molecule has 5 heteroatoms. The van der Waals surface area contributed by atoms with Crippen LogP contribution in [0.1, 0.15) is 38.7 Å². The van der Waals surface area contributed by atoms with E-state index < -0.39 is 5.60 Å². The molecule has 2 atom stereocenters. The number of rotatable bonds is 1. The molecule has 0 saturated carbocycles. The van der Waals surface area contributed by atoms with Gasteiger partial charge in [-0.1, -0.05) is 12.1 Å². The van der Waals surface area contributed by atoms with Crippen LogP contribution >= 0.6 is 0 Å². The third-order valence-corrected chi connectivity index (χ3v) is 3.48. The Morgan fingerprint density at radius 2 is 1.90 bits per heavy atom. The predicted molar refractivity (Wildman–Crippen MR) is 79.5 cm³/mol. The van der Waals surface area contributed by atoms with Crippen LogP contribution in [-0.4, -0.2) is 35.7 Å². The van der Waals surface area contributed by atoms with Gasteiger partial charge in [0.15, 0.2) is 0 Å². The van der Waals surface area contributed by atoms with Crippen LogP contribution in [0.2, 0.25) is 0 Å². The number of carbonyl (C=O) groups excluding carboxylic acids is 1. The third kappa shape index (κ3) is 4.43. The Balaban J connectivity index is 2.08. The lowest BCUT2D eigenvalue weighted by molar-refractivity contribution is 0.0180. The molecular weight excluding hydrogens is 271 g/mol. The largest absolute Gasteiger partial charge is 0.444 e. The maximum atomic E-state index is 13.0. The lowest BCUT2D eigenvalue weighted by Crippen LogP contribution is -2.50. The van der Waals surface area contributed by atoms with E-state index in [2.05, 4.69) is 0 Å². The Morgan fingerprint density at radius 3 is 2.48 bits per heavy atom. The van der Waals surface area contributed by atoms with E-state index >= 15 is 0 Å². The minimum Gasteiger partial charge on any atom is -0.444 e. The van der Waals surface area contributed by atoms with Crippen molar-refractivity contribution in [1.29, 1.82) is 0 Å². The molecule has 1 aromatic rings. The normalized spacial score (nSPS) is 23.0. The van der Waals surface area contributed by atoms with Gasteiger partial charge in [-0.2, -0.15) is 0 Å². The minimum atomic E-state index is -0.524. The molecule has 1 aliphatic heterocycles. The van der Waals surface area contributed by atoms with E-state index in [1.54, 1.807) is 17.0 Å². The second-order valence-electron chi connectivity index (χ2n) is 6.63. The van der Waals surface area contributed by atoms with Crippen LogP contribution in [0.3, 0.4) is 0 Å². The average Bonchev–Trinajstić information content (AvgIpc) is 2.36. The standard InChI is InChI=1S/C16H23FN2O2/c1-16(2,3)21-15(20)19-9-12(8-14(18)10-19)11-4-6-13(17)7-5-11/h4-7,12,14H,8-10,18H2,1-3H3/t12-,14-/m0/s1. The fourth-order valence-electron chi connectivity index (χ4n) is 2.59. The van der Waals surface area contributed by atoms with Gasteiger partial charge in [0.25, 0.3) is 0 Å². The summed E-state index contributed by atoms with van der Waals surface area (Å²) >= 11 is 0. The highest BCUT2D eigenvalue weighted by atomic mass is 19.1. The molecule has 1 amide bonds. The number of hydrogen-bond acceptors (Lipinski definition) is 3. The first-order chi connectivity index (χ1) is 9.74. The molecule has 4 nitrogen and oxygen atoms in total. The lowest BCUT2D eigenvalue weighted by atomic mass is 9.88. The summed E-state index contributed by atoms with van der Waals surface area (Å²) in [6.07, 6.45) is 0.440. The molecule has 1 aromatic carbocycles. The maximum absolute atomic E-state index is 13.0. The average molecular weight is 294 g/mol. The van der Waals surface area contributed by atoms with Crippen LogP contribution < -0.4 is 5.73 Å². The number of piperidine rings is 1. The molecule has 0 unspecified atom stereocenters. The first kappa shape index (κ1) is 15.8. The van der Waals surface area contributed by atoms with Gasteiger partial charge in [0.1, 0.15) is 11.4 Å². The van der Waals surface area contributed by atoms with Crippen LogP contribution in [0, 0.1) is 5.82 Å². The monoisotopic (exact) mass is 294 g/mol. The summed E-state index contributed by atoms with van der Waals surface area (Å²) in [5.74, 6) is -0.148. The Bertz CT molecular complexity index is 496. The van der Waals surface area contributed by atoms with Crippen LogP contribution in [0.15, 0.2) is 24.3 Å². The fourth-order valence-corrected chi connectivity index (χ4v) is 2.59. The van der Waals surface area contributed by atoms with Gasteiger partial charge in [-0.3, -0.25) is 0 Å². The highest BCUT2D eigenvalue weighted by molar-refractivity contribution is 5.68. The van der Waals surface area contributed by atoms with Crippen LogP contribution in [0.5, 0.6) is 0 Å². The first-order valence-electron chi connectivity index (χ1n) is 7.23. The predicted octanol–water partition coefficient (Wildman–Crippen LogP) is 2.88.